The van der Waals surface area contributed by atoms with Crippen molar-refractivity contribution in [2.24, 2.45) is 11.5 Å². The Bertz CT molecular complexity index is 339. The Morgan fingerprint density at radius 2 is 1.64 bits per heavy atom. The van der Waals surface area contributed by atoms with Crippen LogP contribution in [-0.4, -0.2) is 6.04 Å². The van der Waals surface area contributed by atoms with Gasteiger partial charge < -0.3 is 11.5 Å². The number of nitrogens with two attached hydrogens (primary N) is 2. The zero-order valence-electron chi connectivity index (χ0n) is 7.60. The van der Waals surface area contributed by atoms with E-state index in [1.165, 1.54) is 0 Å². The first-order valence-corrected chi connectivity index (χ1v) is 4.09. The molecule has 0 heterocycles. The summed E-state index contributed by atoms with van der Waals surface area (Å²) in [6.07, 6.45) is 0. The predicted molar refractivity (Wildman–Crippen MR) is 46.9 cm³/mol. The molecule has 0 bridgehead atoms. The molecule has 0 saturated heterocycles. The molecule has 1 aromatic carbocycles. The highest BCUT2D eigenvalue weighted by Gasteiger charge is 2.20. The van der Waals surface area contributed by atoms with E-state index in [4.69, 9.17) is 11.5 Å². The van der Waals surface area contributed by atoms with Gasteiger partial charge in [-0.3, -0.25) is 0 Å². The average molecular weight is 204 g/mol. The van der Waals surface area contributed by atoms with E-state index < -0.39 is 29.5 Å². The van der Waals surface area contributed by atoms with E-state index in [0.29, 0.717) is 0 Å². The van der Waals surface area contributed by atoms with Crippen LogP contribution in [0.2, 0.25) is 0 Å². The maximum absolute atomic E-state index is 13.1. The number of rotatable bonds is 2. The molecule has 4 N–H and O–H groups in total. The fourth-order valence-corrected chi connectivity index (χ4v) is 1.08. The summed E-state index contributed by atoms with van der Waals surface area (Å²) in [4.78, 5) is 0. The average Bonchev–Trinajstić information content (AvgIpc) is 2.13. The molecule has 0 radical (unpaired) electrons. The Morgan fingerprint density at radius 1 is 1.07 bits per heavy atom. The van der Waals surface area contributed by atoms with Crippen molar-refractivity contribution < 1.29 is 13.2 Å². The summed E-state index contributed by atoms with van der Waals surface area (Å²) in [5, 5.41) is 0. The lowest BCUT2D eigenvalue weighted by atomic mass is 10.0. The molecule has 5 heteroatoms. The third-order valence-electron chi connectivity index (χ3n) is 1.99. The van der Waals surface area contributed by atoms with Crippen LogP contribution >= 0.6 is 0 Å². The molecule has 0 fully saturated rings. The third kappa shape index (κ3) is 1.88. The second-order valence-corrected chi connectivity index (χ2v) is 3.15. The monoisotopic (exact) mass is 204 g/mol. The van der Waals surface area contributed by atoms with Crippen molar-refractivity contribution in [2.45, 2.75) is 19.0 Å². The SMILES string of the molecule is CC(N)C(N)c1ccc(F)c(F)c1F. The lowest BCUT2D eigenvalue weighted by Crippen LogP contribution is -2.32. The van der Waals surface area contributed by atoms with E-state index >= 15 is 0 Å². The van der Waals surface area contributed by atoms with Gasteiger partial charge in [0.05, 0.1) is 0 Å². The summed E-state index contributed by atoms with van der Waals surface area (Å²) >= 11 is 0. The first-order chi connectivity index (χ1) is 6.45. The van der Waals surface area contributed by atoms with E-state index in [0.717, 1.165) is 12.1 Å². The molecule has 0 aliphatic heterocycles. The van der Waals surface area contributed by atoms with Gasteiger partial charge in [0.25, 0.3) is 0 Å². The summed E-state index contributed by atoms with van der Waals surface area (Å²) in [6.45, 7) is 1.56. The van der Waals surface area contributed by atoms with E-state index in [-0.39, 0.29) is 5.56 Å². The minimum absolute atomic E-state index is 0.112. The zero-order valence-corrected chi connectivity index (χ0v) is 7.60. The van der Waals surface area contributed by atoms with Crippen molar-refractivity contribution in [3.63, 3.8) is 0 Å². The summed E-state index contributed by atoms with van der Waals surface area (Å²) in [7, 11) is 0. The van der Waals surface area contributed by atoms with Crippen LogP contribution in [0.1, 0.15) is 18.5 Å². The smallest absolute Gasteiger partial charge is 0.194 e. The van der Waals surface area contributed by atoms with E-state index in [2.05, 4.69) is 0 Å². The molecule has 2 atom stereocenters. The summed E-state index contributed by atoms with van der Waals surface area (Å²) in [5.41, 5.74) is 10.8. The van der Waals surface area contributed by atoms with Crippen LogP contribution in [0.3, 0.4) is 0 Å². The van der Waals surface area contributed by atoms with Crippen molar-refractivity contribution in [3.8, 4) is 0 Å². The second-order valence-electron chi connectivity index (χ2n) is 3.15. The Balaban J connectivity index is 3.17. The van der Waals surface area contributed by atoms with Gasteiger partial charge in [0, 0.05) is 17.6 Å². The Labute approximate surface area is 79.7 Å². The molecule has 0 amide bonds. The highest BCUT2D eigenvalue weighted by Crippen LogP contribution is 2.21. The number of hydrogen-bond donors (Lipinski definition) is 2. The van der Waals surface area contributed by atoms with Crippen molar-refractivity contribution in [3.05, 3.63) is 35.1 Å². The molecule has 2 unspecified atom stereocenters. The van der Waals surface area contributed by atoms with Crippen LogP contribution in [-0.2, 0) is 0 Å². The quantitative estimate of drug-likeness (QED) is 0.716. The standard InChI is InChI=1S/C9H11F3N2/c1-4(13)9(14)5-2-3-6(10)8(12)7(5)11/h2-4,9H,13-14H2,1H3. The highest BCUT2D eigenvalue weighted by molar-refractivity contribution is 5.24. The molecule has 0 aromatic heterocycles. The molecule has 0 saturated carbocycles. The molecule has 2 nitrogen and oxygen atoms in total. The Kier molecular flexibility index (Phi) is 3.13. The first-order valence-electron chi connectivity index (χ1n) is 4.09. The Hall–Kier alpha value is -1.07. The molecule has 1 rings (SSSR count). The fraction of sp³-hybridized carbons (Fsp3) is 0.333. The highest BCUT2D eigenvalue weighted by atomic mass is 19.2. The zero-order chi connectivity index (χ0) is 10.9. The number of hydrogen-bond acceptors (Lipinski definition) is 2. The van der Waals surface area contributed by atoms with Crippen molar-refractivity contribution in [1.29, 1.82) is 0 Å². The molecule has 0 spiro atoms. The van der Waals surface area contributed by atoms with Gasteiger partial charge in [0.1, 0.15) is 0 Å². The van der Waals surface area contributed by atoms with Gasteiger partial charge in [0.15, 0.2) is 17.5 Å². The van der Waals surface area contributed by atoms with E-state index in [1.807, 2.05) is 0 Å². The molecule has 78 valence electrons. The molecular weight excluding hydrogens is 193 g/mol. The van der Waals surface area contributed by atoms with Gasteiger partial charge >= 0.3 is 0 Å². The molecule has 1 aromatic rings. The summed E-state index contributed by atoms with van der Waals surface area (Å²) < 4.78 is 38.4. The van der Waals surface area contributed by atoms with Crippen LogP contribution in [0, 0.1) is 17.5 Å². The topological polar surface area (TPSA) is 52.0 Å². The van der Waals surface area contributed by atoms with E-state index in [1.54, 1.807) is 6.92 Å². The predicted octanol–water partition coefficient (Wildman–Crippen LogP) is 1.45. The van der Waals surface area contributed by atoms with Gasteiger partial charge in [-0.25, -0.2) is 13.2 Å². The molecule has 14 heavy (non-hydrogen) atoms. The van der Waals surface area contributed by atoms with E-state index in [9.17, 15) is 13.2 Å². The molecular formula is C9H11F3N2. The molecule has 0 aliphatic carbocycles. The lowest BCUT2D eigenvalue weighted by molar-refractivity contribution is 0.429. The van der Waals surface area contributed by atoms with Crippen LogP contribution in [0.15, 0.2) is 12.1 Å². The van der Waals surface area contributed by atoms with Gasteiger partial charge in [-0.1, -0.05) is 6.07 Å². The van der Waals surface area contributed by atoms with Gasteiger partial charge in [-0.15, -0.1) is 0 Å². The maximum Gasteiger partial charge on any atom is 0.194 e. The van der Waals surface area contributed by atoms with Crippen LogP contribution in [0.25, 0.3) is 0 Å². The summed E-state index contributed by atoms with van der Waals surface area (Å²) in [6, 6.07) is 0.553. The first kappa shape index (κ1) is 11.0. The second kappa shape index (κ2) is 3.98. The minimum atomic E-state index is -1.52. The molecule has 0 aliphatic rings. The van der Waals surface area contributed by atoms with Crippen LogP contribution in [0.4, 0.5) is 13.2 Å². The van der Waals surface area contributed by atoms with Crippen LogP contribution in [0.5, 0.6) is 0 Å². The van der Waals surface area contributed by atoms with Crippen molar-refractivity contribution in [1.82, 2.24) is 0 Å². The van der Waals surface area contributed by atoms with Gasteiger partial charge in [0.2, 0.25) is 0 Å². The van der Waals surface area contributed by atoms with Crippen molar-refractivity contribution in [2.75, 3.05) is 0 Å². The van der Waals surface area contributed by atoms with Gasteiger partial charge in [-0.05, 0) is 13.0 Å². The maximum atomic E-state index is 13.1. The third-order valence-corrected chi connectivity index (χ3v) is 1.99. The van der Waals surface area contributed by atoms with Gasteiger partial charge in [-0.2, -0.15) is 0 Å². The number of benzene rings is 1. The largest absolute Gasteiger partial charge is 0.326 e. The van der Waals surface area contributed by atoms with Crippen molar-refractivity contribution >= 4 is 0 Å². The Morgan fingerprint density at radius 3 is 2.14 bits per heavy atom. The van der Waals surface area contributed by atoms with Crippen LogP contribution < -0.4 is 11.5 Å². The fourth-order valence-electron chi connectivity index (χ4n) is 1.08. The number of halogens is 3. The lowest BCUT2D eigenvalue weighted by Gasteiger charge is -2.16. The minimum Gasteiger partial charge on any atom is -0.326 e. The normalized spacial score (nSPS) is 15.3. The summed E-state index contributed by atoms with van der Waals surface area (Å²) in [5.74, 6) is -4.02.